The van der Waals surface area contributed by atoms with Crippen molar-refractivity contribution < 1.29 is 4.79 Å². The molecular formula is C14H10N2O. The number of nitrogens with zero attached hydrogens (tertiary/aromatic N) is 1. The fraction of sp³-hybridized carbons (Fsp3) is 0. The van der Waals surface area contributed by atoms with Gasteiger partial charge in [-0.25, -0.2) is 0 Å². The maximum absolute atomic E-state index is 11.8. The molecule has 0 bridgehead atoms. The van der Waals surface area contributed by atoms with E-state index in [2.05, 4.69) is 10.3 Å². The number of para-hydroxylation sites is 1. The average Bonchev–Trinajstić information content (AvgIpc) is 2.68. The van der Waals surface area contributed by atoms with Crippen LogP contribution >= 0.6 is 0 Å². The van der Waals surface area contributed by atoms with Gasteiger partial charge in [0, 0.05) is 29.2 Å². The van der Waals surface area contributed by atoms with Crippen LogP contribution in [0.3, 0.4) is 0 Å². The van der Waals surface area contributed by atoms with Gasteiger partial charge in [-0.3, -0.25) is 9.78 Å². The molecule has 82 valence electrons. The number of carbonyl (C=O) groups excluding carboxylic acids is 1. The van der Waals surface area contributed by atoms with Gasteiger partial charge >= 0.3 is 0 Å². The van der Waals surface area contributed by atoms with Crippen LogP contribution < -0.4 is 5.32 Å². The van der Waals surface area contributed by atoms with E-state index in [4.69, 9.17) is 0 Å². The maximum atomic E-state index is 11.8. The van der Waals surface area contributed by atoms with Crippen LogP contribution in [0.2, 0.25) is 0 Å². The number of aromatic nitrogens is 1. The summed E-state index contributed by atoms with van der Waals surface area (Å²) in [6.07, 6.45) is 5.31. The van der Waals surface area contributed by atoms with Gasteiger partial charge in [-0.1, -0.05) is 24.3 Å². The van der Waals surface area contributed by atoms with E-state index in [0.717, 1.165) is 16.8 Å². The van der Waals surface area contributed by atoms with E-state index >= 15 is 0 Å². The summed E-state index contributed by atoms with van der Waals surface area (Å²) >= 11 is 0. The predicted molar refractivity (Wildman–Crippen MR) is 67.2 cm³/mol. The number of hydrogen-bond donors (Lipinski definition) is 1. The molecule has 0 radical (unpaired) electrons. The van der Waals surface area contributed by atoms with Gasteiger partial charge in [-0.15, -0.1) is 0 Å². The van der Waals surface area contributed by atoms with Crippen molar-refractivity contribution in [3.8, 4) is 0 Å². The highest BCUT2D eigenvalue weighted by Crippen LogP contribution is 2.32. The van der Waals surface area contributed by atoms with Gasteiger partial charge in [0.15, 0.2) is 0 Å². The third-order valence-electron chi connectivity index (χ3n) is 2.71. The van der Waals surface area contributed by atoms with Gasteiger partial charge in [0.1, 0.15) is 0 Å². The molecule has 0 spiro atoms. The normalized spacial score (nSPS) is 15.8. The Kier molecular flexibility index (Phi) is 2.22. The molecule has 1 aliphatic rings. The topological polar surface area (TPSA) is 42.0 Å². The molecule has 17 heavy (non-hydrogen) atoms. The lowest BCUT2D eigenvalue weighted by Crippen LogP contribution is -2.03. The largest absolute Gasteiger partial charge is 0.321 e. The summed E-state index contributed by atoms with van der Waals surface area (Å²) in [7, 11) is 0. The lowest BCUT2D eigenvalue weighted by atomic mass is 10.1. The zero-order chi connectivity index (χ0) is 11.7. The standard InChI is InChI=1S/C14H10N2O/c17-14-12(8-10-4-3-7-15-9-10)11-5-1-2-6-13(11)16-14/h1-9H,(H,16,17)/b12-8-. The number of hydrogen-bond acceptors (Lipinski definition) is 2. The van der Waals surface area contributed by atoms with Gasteiger partial charge in [-0.05, 0) is 23.8 Å². The number of nitrogens with one attached hydrogen (secondary N) is 1. The summed E-state index contributed by atoms with van der Waals surface area (Å²) in [5, 5.41) is 2.84. The number of amides is 1. The summed E-state index contributed by atoms with van der Waals surface area (Å²) in [5.41, 5.74) is 3.43. The molecule has 0 fully saturated rings. The smallest absolute Gasteiger partial charge is 0.256 e. The lowest BCUT2D eigenvalue weighted by molar-refractivity contribution is -0.110. The highest BCUT2D eigenvalue weighted by atomic mass is 16.1. The Morgan fingerprint density at radius 2 is 2.00 bits per heavy atom. The van der Waals surface area contributed by atoms with E-state index in [-0.39, 0.29) is 5.91 Å². The van der Waals surface area contributed by atoms with Crippen LogP contribution in [0.4, 0.5) is 5.69 Å². The first-order valence-corrected chi connectivity index (χ1v) is 5.37. The number of fused-ring (bicyclic) bond motifs is 1. The second-order valence-electron chi connectivity index (χ2n) is 3.84. The number of benzene rings is 1. The third-order valence-corrected chi connectivity index (χ3v) is 2.71. The van der Waals surface area contributed by atoms with E-state index < -0.39 is 0 Å². The van der Waals surface area contributed by atoms with Crippen molar-refractivity contribution >= 4 is 23.2 Å². The van der Waals surface area contributed by atoms with Crippen LogP contribution in [0.25, 0.3) is 11.6 Å². The zero-order valence-electron chi connectivity index (χ0n) is 9.05. The number of rotatable bonds is 1. The highest BCUT2D eigenvalue weighted by Gasteiger charge is 2.22. The molecule has 3 heteroatoms. The fourth-order valence-electron chi connectivity index (χ4n) is 1.91. The summed E-state index contributed by atoms with van der Waals surface area (Å²) in [6, 6.07) is 11.5. The molecule has 3 nitrogen and oxygen atoms in total. The molecule has 0 unspecified atom stereocenters. The van der Waals surface area contributed by atoms with Crippen molar-refractivity contribution in [1.29, 1.82) is 0 Å². The Morgan fingerprint density at radius 1 is 1.12 bits per heavy atom. The summed E-state index contributed by atoms with van der Waals surface area (Å²) in [6.45, 7) is 0. The lowest BCUT2D eigenvalue weighted by Gasteiger charge is -1.97. The van der Waals surface area contributed by atoms with Crippen LogP contribution in [0.5, 0.6) is 0 Å². The summed E-state index contributed by atoms with van der Waals surface area (Å²) in [4.78, 5) is 15.9. The third kappa shape index (κ3) is 1.72. The summed E-state index contributed by atoms with van der Waals surface area (Å²) < 4.78 is 0. The zero-order valence-corrected chi connectivity index (χ0v) is 9.05. The van der Waals surface area contributed by atoms with Crippen LogP contribution in [0.15, 0.2) is 48.8 Å². The van der Waals surface area contributed by atoms with Gasteiger partial charge in [-0.2, -0.15) is 0 Å². The SMILES string of the molecule is O=C1Nc2ccccc2/C1=C/c1cccnc1. The molecule has 1 aromatic heterocycles. The maximum Gasteiger partial charge on any atom is 0.256 e. The van der Waals surface area contributed by atoms with Crippen molar-refractivity contribution in [3.05, 3.63) is 59.9 Å². The van der Waals surface area contributed by atoms with Crippen molar-refractivity contribution in [1.82, 2.24) is 4.98 Å². The second kappa shape index (κ2) is 3.87. The van der Waals surface area contributed by atoms with Crippen LogP contribution in [0.1, 0.15) is 11.1 Å². The molecule has 3 rings (SSSR count). The number of carbonyl (C=O) groups is 1. The molecule has 0 saturated heterocycles. The van der Waals surface area contributed by atoms with E-state index in [1.54, 1.807) is 12.4 Å². The highest BCUT2D eigenvalue weighted by molar-refractivity contribution is 6.34. The molecule has 0 saturated carbocycles. The fourth-order valence-corrected chi connectivity index (χ4v) is 1.91. The van der Waals surface area contributed by atoms with E-state index in [9.17, 15) is 4.79 Å². The molecule has 1 aromatic carbocycles. The first-order valence-electron chi connectivity index (χ1n) is 5.37. The van der Waals surface area contributed by atoms with Crippen LogP contribution in [-0.4, -0.2) is 10.9 Å². The van der Waals surface area contributed by atoms with Crippen molar-refractivity contribution in [2.75, 3.05) is 5.32 Å². The minimum Gasteiger partial charge on any atom is -0.321 e. The van der Waals surface area contributed by atoms with E-state index in [0.29, 0.717) is 5.57 Å². The Bertz CT molecular complexity index is 603. The minimum absolute atomic E-state index is 0.0601. The van der Waals surface area contributed by atoms with Crippen molar-refractivity contribution in [2.45, 2.75) is 0 Å². The van der Waals surface area contributed by atoms with Crippen LogP contribution in [0, 0.1) is 0 Å². The van der Waals surface area contributed by atoms with E-state index in [1.807, 2.05) is 42.5 Å². The Balaban J connectivity index is 2.10. The minimum atomic E-state index is -0.0601. The van der Waals surface area contributed by atoms with Crippen molar-refractivity contribution in [2.24, 2.45) is 0 Å². The molecule has 1 N–H and O–H groups in total. The second-order valence-corrected chi connectivity index (χ2v) is 3.84. The van der Waals surface area contributed by atoms with Crippen molar-refractivity contribution in [3.63, 3.8) is 0 Å². The summed E-state index contributed by atoms with van der Waals surface area (Å²) in [5.74, 6) is -0.0601. The molecule has 2 heterocycles. The molecular weight excluding hydrogens is 212 g/mol. The van der Waals surface area contributed by atoms with Gasteiger partial charge in [0.25, 0.3) is 5.91 Å². The molecule has 0 aliphatic carbocycles. The Labute approximate surface area is 98.8 Å². The predicted octanol–water partition coefficient (Wildman–Crippen LogP) is 2.57. The molecule has 0 atom stereocenters. The van der Waals surface area contributed by atoms with Gasteiger partial charge < -0.3 is 5.32 Å². The Morgan fingerprint density at radius 3 is 2.82 bits per heavy atom. The monoisotopic (exact) mass is 222 g/mol. The first kappa shape index (κ1) is 9.78. The van der Waals surface area contributed by atoms with Gasteiger partial charge in [0.2, 0.25) is 0 Å². The van der Waals surface area contributed by atoms with E-state index in [1.165, 1.54) is 0 Å². The Hall–Kier alpha value is -2.42. The molecule has 1 amide bonds. The molecule has 1 aliphatic heterocycles. The number of pyridine rings is 1. The first-order chi connectivity index (χ1) is 8.34. The quantitative estimate of drug-likeness (QED) is 0.753. The number of anilines is 1. The molecule has 2 aromatic rings. The average molecular weight is 222 g/mol. The van der Waals surface area contributed by atoms with Crippen LogP contribution in [-0.2, 0) is 4.79 Å². The van der Waals surface area contributed by atoms with Gasteiger partial charge in [0.05, 0.1) is 0 Å².